The van der Waals surface area contributed by atoms with E-state index in [1.165, 1.54) is 18.2 Å². The highest BCUT2D eigenvalue weighted by molar-refractivity contribution is 5.87. The SMILES string of the molecule is O=C(NC(c1cccc(OCCCCCCCCCNCC(O)c2ccc(O)c3[nH]c(=O)ccc23)c1)c1ccc(F)c(F)c1)OC1CN2CCC1CC2. The maximum absolute atomic E-state index is 14.3. The van der Waals surface area contributed by atoms with Crippen molar-refractivity contribution >= 4 is 17.0 Å². The molecule has 284 valence electrons. The second kappa shape index (κ2) is 18.5. The number of phenols is 1. The van der Waals surface area contributed by atoms with Gasteiger partial charge < -0.3 is 35.3 Å². The Hall–Kier alpha value is -4.52. The normalized spacial score (nSPS) is 19.2. The number of phenolic OH excluding ortho intramolecular Hbond substituents is 1. The number of pyridine rings is 1. The molecule has 3 saturated heterocycles. The van der Waals surface area contributed by atoms with Crippen LogP contribution in [0.3, 0.4) is 0 Å². The van der Waals surface area contributed by atoms with Crippen LogP contribution in [0.15, 0.2) is 71.5 Å². The quantitative estimate of drug-likeness (QED) is 0.0701. The van der Waals surface area contributed by atoms with Gasteiger partial charge in [0.2, 0.25) is 5.56 Å². The van der Waals surface area contributed by atoms with Crippen molar-refractivity contribution in [2.75, 3.05) is 39.3 Å². The van der Waals surface area contributed by atoms with Gasteiger partial charge in [-0.3, -0.25) is 9.69 Å². The van der Waals surface area contributed by atoms with E-state index in [0.717, 1.165) is 96.1 Å². The van der Waals surface area contributed by atoms with Crippen molar-refractivity contribution in [3.05, 3.63) is 105 Å². The first-order valence-corrected chi connectivity index (χ1v) is 18.9. The van der Waals surface area contributed by atoms with Gasteiger partial charge in [-0.2, -0.15) is 0 Å². The molecule has 3 aromatic carbocycles. The number of benzene rings is 3. The van der Waals surface area contributed by atoms with E-state index in [1.54, 1.807) is 12.1 Å². The summed E-state index contributed by atoms with van der Waals surface area (Å²) in [5.74, 6) is -0.989. The van der Waals surface area contributed by atoms with Gasteiger partial charge in [0.05, 0.1) is 24.3 Å². The fourth-order valence-corrected chi connectivity index (χ4v) is 7.49. The fourth-order valence-electron chi connectivity index (χ4n) is 7.49. The van der Waals surface area contributed by atoms with E-state index in [4.69, 9.17) is 9.47 Å². The van der Waals surface area contributed by atoms with E-state index in [-0.39, 0.29) is 17.4 Å². The van der Waals surface area contributed by atoms with Crippen molar-refractivity contribution in [3.8, 4) is 11.5 Å². The molecule has 10 nitrogen and oxygen atoms in total. The molecule has 3 atom stereocenters. The Kier molecular flexibility index (Phi) is 13.3. The molecule has 3 unspecified atom stereocenters. The molecule has 1 aromatic heterocycles. The summed E-state index contributed by atoms with van der Waals surface area (Å²) in [4.78, 5) is 29.7. The largest absolute Gasteiger partial charge is 0.506 e. The van der Waals surface area contributed by atoms with E-state index in [0.29, 0.717) is 52.4 Å². The summed E-state index contributed by atoms with van der Waals surface area (Å²) >= 11 is 0. The number of H-pyrrole nitrogens is 1. The lowest BCUT2D eigenvalue weighted by atomic mass is 9.86. The molecular formula is C41H50F2N4O6. The van der Waals surface area contributed by atoms with Gasteiger partial charge in [0.1, 0.15) is 17.6 Å². The van der Waals surface area contributed by atoms with Gasteiger partial charge in [0.15, 0.2) is 11.6 Å². The van der Waals surface area contributed by atoms with Crippen molar-refractivity contribution < 1.29 is 33.3 Å². The van der Waals surface area contributed by atoms with Crippen LogP contribution < -0.4 is 20.9 Å². The first-order valence-electron chi connectivity index (χ1n) is 18.9. The summed E-state index contributed by atoms with van der Waals surface area (Å²) in [6, 6.07) is 16.4. The molecule has 4 aromatic rings. The monoisotopic (exact) mass is 732 g/mol. The Morgan fingerprint density at radius 1 is 0.906 bits per heavy atom. The molecule has 3 aliphatic heterocycles. The number of unbranched alkanes of at least 4 members (excludes halogenated alkanes) is 6. The Balaban J connectivity index is 0.885. The van der Waals surface area contributed by atoms with Crippen LogP contribution in [0.4, 0.5) is 13.6 Å². The van der Waals surface area contributed by atoms with Crippen LogP contribution in [0, 0.1) is 17.6 Å². The van der Waals surface area contributed by atoms with E-state index in [2.05, 4.69) is 20.5 Å². The van der Waals surface area contributed by atoms with Crippen LogP contribution in [0.5, 0.6) is 11.5 Å². The van der Waals surface area contributed by atoms with Gasteiger partial charge in [-0.05, 0) is 104 Å². The number of hydrogen-bond donors (Lipinski definition) is 5. The second-order valence-corrected chi connectivity index (χ2v) is 14.2. The third kappa shape index (κ3) is 10.3. The standard InChI is InChI=1S/C41H50F2N4O6/c42-33-14-11-29(24-34(33)43)39(46-41(51)53-37-26-47-20-17-27(37)18-21-47)28-9-8-10-30(23-28)52-22-7-5-3-1-2-4-6-19-44-25-36(49)31-12-15-35(48)40-32(31)13-16-38(50)45-40/h8-16,23-24,27,36-37,39,44,48-49H,1-7,17-22,25-26H2,(H,45,50)(H,46,51). The first-order chi connectivity index (χ1) is 25.7. The van der Waals surface area contributed by atoms with Gasteiger partial charge in [-0.25, -0.2) is 13.6 Å². The van der Waals surface area contributed by atoms with Crippen molar-refractivity contribution in [1.29, 1.82) is 0 Å². The molecule has 7 rings (SSSR count). The number of rotatable bonds is 18. The number of aromatic amines is 1. The Labute approximate surface area is 308 Å². The molecule has 4 heterocycles. The Bertz CT molecular complexity index is 1880. The Morgan fingerprint density at radius 3 is 2.42 bits per heavy atom. The molecule has 0 radical (unpaired) electrons. The average Bonchev–Trinajstić information content (AvgIpc) is 3.16. The van der Waals surface area contributed by atoms with Crippen LogP contribution in [0.25, 0.3) is 10.9 Å². The van der Waals surface area contributed by atoms with Gasteiger partial charge in [0, 0.05) is 24.5 Å². The number of aromatic hydroxyl groups is 1. The molecule has 3 fully saturated rings. The summed E-state index contributed by atoms with van der Waals surface area (Å²) < 4.78 is 40.0. The van der Waals surface area contributed by atoms with Crippen molar-refractivity contribution in [1.82, 2.24) is 20.5 Å². The van der Waals surface area contributed by atoms with E-state index in [1.807, 2.05) is 24.3 Å². The van der Waals surface area contributed by atoms with E-state index < -0.39 is 29.9 Å². The number of nitrogens with zero attached hydrogens (tertiary/aromatic N) is 1. The average molecular weight is 733 g/mol. The number of aliphatic hydroxyl groups is 1. The number of nitrogens with one attached hydrogen (secondary N) is 3. The Morgan fingerprint density at radius 2 is 1.66 bits per heavy atom. The van der Waals surface area contributed by atoms with Crippen molar-refractivity contribution in [2.45, 2.75) is 76.0 Å². The highest BCUT2D eigenvalue weighted by Crippen LogP contribution is 2.32. The maximum Gasteiger partial charge on any atom is 0.408 e. The topological polar surface area (TPSA) is 136 Å². The molecule has 2 bridgehead atoms. The zero-order valence-corrected chi connectivity index (χ0v) is 30.0. The number of carbonyl (C=O) groups excluding carboxylic acids is 1. The minimum absolute atomic E-state index is 0.0273. The van der Waals surface area contributed by atoms with Crippen molar-refractivity contribution in [2.24, 2.45) is 5.92 Å². The molecular weight excluding hydrogens is 682 g/mol. The lowest BCUT2D eigenvalue weighted by Crippen LogP contribution is -2.52. The molecule has 0 aliphatic carbocycles. The number of amides is 1. The second-order valence-electron chi connectivity index (χ2n) is 14.2. The molecule has 3 aliphatic rings. The van der Waals surface area contributed by atoms with E-state index >= 15 is 0 Å². The predicted molar refractivity (Wildman–Crippen MR) is 199 cm³/mol. The molecule has 0 spiro atoms. The van der Waals surface area contributed by atoms with Gasteiger partial charge in [-0.1, -0.05) is 56.4 Å². The number of carbonyl (C=O) groups is 1. The summed E-state index contributed by atoms with van der Waals surface area (Å²) in [6.45, 7) is 4.46. The maximum atomic E-state index is 14.3. The number of alkyl carbamates (subject to hydrolysis) is 1. The highest BCUT2D eigenvalue weighted by atomic mass is 19.2. The number of ether oxygens (including phenoxy) is 2. The molecule has 1 amide bonds. The number of aliphatic hydroxyl groups excluding tert-OH is 1. The number of aromatic nitrogens is 1. The third-order valence-corrected chi connectivity index (χ3v) is 10.5. The summed E-state index contributed by atoms with van der Waals surface area (Å²) in [5, 5.41) is 27.6. The zero-order chi connectivity index (χ0) is 37.2. The van der Waals surface area contributed by atoms with E-state index in [9.17, 15) is 28.6 Å². The highest BCUT2D eigenvalue weighted by Gasteiger charge is 2.37. The molecule has 12 heteroatoms. The summed E-state index contributed by atoms with van der Waals surface area (Å²) in [7, 11) is 0. The molecule has 0 saturated carbocycles. The molecule has 5 N–H and O–H groups in total. The fraction of sp³-hybridized carbons (Fsp3) is 0.463. The number of fused-ring (bicyclic) bond motifs is 4. The van der Waals surface area contributed by atoms with Crippen LogP contribution in [-0.2, 0) is 4.74 Å². The van der Waals surface area contributed by atoms with Gasteiger partial charge in [-0.15, -0.1) is 0 Å². The number of piperidine rings is 3. The number of hydrogen-bond acceptors (Lipinski definition) is 8. The lowest BCUT2D eigenvalue weighted by molar-refractivity contribution is -0.0336. The number of halogens is 2. The van der Waals surface area contributed by atoms with Crippen LogP contribution in [0.1, 0.15) is 86.6 Å². The third-order valence-electron chi connectivity index (χ3n) is 10.5. The smallest absolute Gasteiger partial charge is 0.408 e. The predicted octanol–water partition coefficient (Wildman–Crippen LogP) is 6.85. The van der Waals surface area contributed by atoms with Gasteiger partial charge in [0.25, 0.3) is 0 Å². The van der Waals surface area contributed by atoms with Crippen LogP contribution in [-0.4, -0.2) is 71.6 Å². The minimum Gasteiger partial charge on any atom is -0.506 e. The van der Waals surface area contributed by atoms with Crippen LogP contribution in [0.2, 0.25) is 0 Å². The minimum atomic E-state index is -0.985. The first kappa shape index (κ1) is 38.2. The molecule has 53 heavy (non-hydrogen) atoms. The van der Waals surface area contributed by atoms with Gasteiger partial charge >= 0.3 is 6.09 Å². The summed E-state index contributed by atoms with van der Waals surface area (Å²) in [6.07, 6.45) is 7.79. The summed E-state index contributed by atoms with van der Waals surface area (Å²) in [5.41, 5.74) is 1.75. The lowest BCUT2D eigenvalue weighted by Gasteiger charge is -2.43. The zero-order valence-electron chi connectivity index (χ0n) is 30.0. The van der Waals surface area contributed by atoms with Crippen molar-refractivity contribution in [3.63, 3.8) is 0 Å². The van der Waals surface area contributed by atoms with Crippen LogP contribution >= 0.6 is 0 Å².